The van der Waals surface area contributed by atoms with E-state index in [1.54, 1.807) is 24.3 Å². The Balaban J connectivity index is 1.54. The quantitative estimate of drug-likeness (QED) is 0.853. The summed E-state index contributed by atoms with van der Waals surface area (Å²) < 4.78 is 37.0. The molecule has 1 heterocycles. The maximum absolute atomic E-state index is 12.0. The van der Waals surface area contributed by atoms with E-state index >= 15 is 0 Å². The lowest BCUT2D eigenvalue weighted by molar-refractivity contribution is 0.174. The number of hydrogen-bond acceptors (Lipinski definition) is 4. The van der Waals surface area contributed by atoms with Gasteiger partial charge < -0.3 is 9.47 Å². The third kappa shape index (κ3) is 4.50. The lowest BCUT2D eigenvalue weighted by atomic mass is 10.1. The van der Waals surface area contributed by atoms with Gasteiger partial charge >= 0.3 is 0 Å². The molecule has 2 aromatic carbocycles. The molecule has 7 heteroatoms. The highest BCUT2D eigenvalue weighted by molar-refractivity contribution is 7.92. The number of halogens is 1. The first-order chi connectivity index (χ1) is 11.5. The summed E-state index contributed by atoms with van der Waals surface area (Å²) in [6.45, 7) is 0.522. The van der Waals surface area contributed by atoms with Crippen LogP contribution < -0.4 is 14.2 Å². The van der Waals surface area contributed by atoms with Gasteiger partial charge in [-0.3, -0.25) is 0 Å². The lowest BCUT2D eigenvalue weighted by Crippen LogP contribution is -2.23. The van der Waals surface area contributed by atoms with Crippen LogP contribution >= 0.6 is 11.6 Å². The molecule has 0 aliphatic carbocycles. The zero-order chi connectivity index (χ0) is 17.0. The summed E-state index contributed by atoms with van der Waals surface area (Å²) >= 11 is 5.79. The highest BCUT2D eigenvalue weighted by Gasteiger charge is 2.13. The average Bonchev–Trinajstić information content (AvgIpc) is 3.02. The van der Waals surface area contributed by atoms with Crippen LogP contribution in [0.5, 0.6) is 11.5 Å². The summed E-state index contributed by atoms with van der Waals surface area (Å²) in [5.74, 6) is 1.41. The molecule has 0 unspecified atom stereocenters. The van der Waals surface area contributed by atoms with Gasteiger partial charge in [0.25, 0.3) is 0 Å². The van der Waals surface area contributed by atoms with E-state index in [1.165, 1.54) is 6.08 Å². The maximum Gasteiger partial charge on any atom is 0.233 e. The number of fused-ring (bicyclic) bond motifs is 1. The Labute approximate surface area is 145 Å². The number of nitrogens with one attached hydrogen (secondary N) is 1. The van der Waals surface area contributed by atoms with Crippen molar-refractivity contribution in [3.05, 3.63) is 64.0 Å². The molecule has 2 aromatic rings. The molecule has 0 aromatic heterocycles. The molecule has 0 radical (unpaired) electrons. The molecular formula is C17H16ClNO4S. The Kier molecular flexibility index (Phi) is 5.08. The normalized spacial score (nSPS) is 13.5. The topological polar surface area (TPSA) is 64.6 Å². The average molecular weight is 366 g/mol. The van der Waals surface area contributed by atoms with E-state index in [-0.39, 0.29) is 6.79 Å². The number of benzene rings is 2. The van der Waals surface area contributed by atoms with Crippen LogP contribution in [0, 0.1) is 0 Å². The van der Waals surface area contributed by atoms with Gasteiger partial charge in [0.15, 0.2) is 11.5 Å². The third-order valence-corrected chi connectivity index (χ3v) is 4.82. The van der Waals surface area contributed by atoms with Crippen molar-refractivity contribution in [3.8, 4) is 11.5 Å². The molecular weight excluding hydrogens is 350 g/mol. The predicted octanol–water partition coefficient (Wildman–Crippen LogP) is 3.20. The van der Waals surface area contributed by atoms with Crippen molar-refractivity contribution in [1.82, 2.24) is 4.72 Å². The predicted molar refractivity (Wildman–Crippen MR) is 93.7 cm³/mol. The van der Waals surface area contributed by atoms with E-state index in [4.69, 9.17) is 21.1 Å². The molecule has 3 rings (SSSR count). The zero-order valence-electron chi connectivity index (χ0n) is 12.7. The second-order valence-corrected chi connectivity index (χ2v) is 7.32. The van der Waals surface area contributed by atoms with Gasteiger partial charge in [0, 0.05) is 17.0 Å². The molecule has 0 amide bonds. The molecule has 0 saturated heterocycles. The van der Waals surface area contributed by atoms with Crippen molar-refractivity contribution < 1.29 is 17.9 Å². The fourth-order valence-electron chi connectivity index (χ4n) is 2.22. The van der Waals surface area contributed by atoms with Crippen molar-refractivity contribution in [2.75, 3.05) is 13.3 Å². The Morgan fingerprint density at radius 2 is 1.83 bits per heavy atom. The molecule has 126 valence electrons. The standard InChI is InChI=1S/C17H16ClNO4S/c18-15-4-1-13(2-5-15)8-10-24(20,21)19-9-7-14-3-6-16-17(11-14)23-12-22-16/h1-6,8,10-11,19H,7,9,12H2. The summed E-state index contributed by atoms with van der Waals surface area (Å²) in [5, 5.41) is 1.76. The first-order valence-electron chi connectivity index (χ1n) is 7.34. The Bertz CT molecular complexity index is 847. The van der Waals surface area contributed by atoms with Crippen LogP contribution in [0.2, 0.25) is 5.02 Å². The van der Waals surface area contributed by atoms with Crippen molar-refractivity contribution in [2.24, 2.45) is 0 Å². The smallest absolute Gasteiger partial charge is 0.233 e. The van der Waals surface area contributed by atoms with Crippen molar-refractivity contribution >= 4 is 27.7 Å². The summed E-state index contributed by atoms with van der Waals surface area (Å²) in [7, 11) is -3.49. The monoisotopic (exact) mass is 365 g/mol. The number of hydrogen-bond donors (Lipinski definition) is 1. The van der Waals surface area contributed by atoms with Crippen molar-refractivity contribution in [1.29, 1.82) is 0 Å². The van der Waals surface area contributed by atoms with E-state index in [0.717, 1.165) is 16.5 Å². The van der Waals surface area contributed by atoms with E-state index in [9.17, 15) is 8.42 Å². The number of ether oxygens (including phenoxy) is 2. The second kappa shape index (κ2) is 7.25. The lowest BCUT2D eigenvalue weighted by Gasteiger charge is -2.04. The van der Waals surface area contributed by atoms with Crippen LogP contribution in [0.3, 0.4) is 0 Å². The summed E-state index contributed by atoms with van der Waals surface area (Å²) in [4.78, 5) is 0. The molecule has 1 aliphatic rings. The number of rotatable bonds is 6. The zero-order valence-corrected chi connectivity index (χ0v) is 14.3. The minimum Gasteiger partial charge on any atom is -0.454 e. The molecule has 24 heavy (non-hydrogen) atoms. The van der Waals surface area contributed by atoms with E-state index in [2.05, 4.69) is 4.72 Å². The summed E-state index contributed by atoms with van der Waals surface area (Å²) in [6, 6.07) is 12.5. The minimum atomic E-state index is -3.49. The fraction of sp³-hybridized carbons (Fsp3) is 0.176. The van der Waals surface area contributed by atoms with Crippen LogP contribution in [0.1, 0.15) is 11.1 Å². The Morgan fingerprint density at radius 3 is 2.62 bits per heavy atom. The Hall–Kier alpha value is -2.02. The SMILES string of the molecule is O=S(=O)(C=Cc1ccc(Cl)cc1)NCCc1ccc2c(c1)OCO2. The number of sulfonamides is 1. The van der Waals surface area contributed by atoms with Crippen LogP contribution in [-0.2, 0) is 16.4 Å². The van der Waals surface area contributed by atoms with Gasteiger partial charge in [0.05, 0.1) is 0 Å². The van der Waals surface area contributed by atoms with Gasteiger partial charge in [-0.05, 0) is 47.9 Å². The van der Waals surface area contributed by atoms with Gasteiger partial charge in [0.1, 0.15) is 0 Å². The summed E-state index contributed by atoms with van der Waals surface area (Å²) in [5.41, 5.74) is 1.74. The highest BCUT2D eigenvalue weighted by Crippen LogP contribution is 2.32. The maximum atomic E-state index is 12.0. The molecule has 0 fully saturated rings. The van der Waals surface area contributed by atoms with Gasteiger partial charge in [-0.15, -0.1) is 0 Å². The molecule has 0 spiro atoms. The first kappa shape index (κ1) is 16.8. The highest BCUT2D eigenvalue weighted by atomic mass is 35.5. The van der Waals surface area contributed by atoms with Gasteiger partial charge in [-0.25, -0.2) is 13.1 Å². The van der Waals surface area contributed by atoms with Crippen molar-refractivity contribution in [2.45, 2.75) is 6.42 Å². The fourth-order valence-corrected chi connectivity index (χ4v) is 3.17. The minimum absolute atomic E-state index is 0.223. The molecule has 0 saturated carbocycles. The Morgan fingerprint density at radius 1 is 1.08 bits per heavy atom. The van der Waals surface area contributed by atoms with Crippen LogP contribution in [0.25, 0.3) is 6.08 Å². The summed E-state index contributed by atoms with van der Waals surface area (Å²) in [6.07, 6.45) is 2.09. The molecule has 0 atom stereocenters. The molecule has 1 aliphatic heterocycles. The third-order valence-electron chi connectivity index (χ3n) is 3.46. The second-order valence-electron chi connectivity index (χ2n) is 5.23. The van der Waals surface area contributed by atoms with Crippen LogP contribution in [0.4, 0.5) is 0 Å². The van der Waals surface area contributed by atoms with E-state index in [0.29, 0.717) is 29.5 Å². The molecule has 1 N–H and O–H groups in total. The van der Waals surface area contributed by atoms with Crippen molar-refractivity contribution in [3.63, 3.8) is 0 Å². The van der Waals surface area contributed by atoms with E-state index < -0.39 is 10.0 Å². The molecule has 0 bridgehead atoms. The van der Waals surface area contributed by atoms with Crippen LogP contribution in [-0.4, -0.2) is 21.8 Å². The van der Waals surface area contributed by atoms with Gasteiger partial charge in [0.2, 0.25) is 16.8 Å². The van der Waals surface area contributed by atoms with E-state index in [1.807, 2.05) is 18.2 Å². The first-order valence-corrected chi connectivity index (χ1v) is 9.26. The molecule has 5 nitrogen and oxygen atoms in total. The largest absolute Gasteiger partial charge is 0.454 e. The van der Waals surface area contributed by atoms with Gasteiger partial charge in [-0.1, -0.05) is 29.8 Å². The van der Waals surface area contributed by atoms with Gasteiger partial charge in [-0.2, -0.15) is 0 Å². The van der Waals surface area contributed by atoms with Crippen LogP contribution in [0.15, 0.2) is 47.9 Å².